The summed E-state index contributed by atoms with van der Waals surface area (Å²) in [6.45, 7) is 7.51. The van der Waals surface area contributed by atoms with E-state index < -0.39 is 0 Å². The van der Waals surface area contributed by atoms with Crippen LogP contribution in [0.2, 0.25) is 0 Å². The van der Waals surface area contributed by atoms with Crippen LogP contribution in [0.1, 0.15) is 11.1 Å². The quantitative estimate of drug-likeness (QED) is 0.838. The van der Waals surface area contributed by atoms with Crippen molar-refractivity contribution in [3.63, 3.8) is 0 Å². The number of rotatable bonds is 2. The van der Waals surface area contributed by atoms with Crippen LogP contribution < -0.4 is 4.90 Å². The fourth-order valence-electron chi connectivity index (χ4n) is 2.53. The molecule has 17 heavy (non-hydrogen) atoms. The predicted molar refractivity (Wildman–Crippen MR) is 71.6 cm³/mol. The van der Waals surface area contributed by atoms with Crippen LogP contribution in [0.4, 0.5) is 5.69 Å². The standard InChI is InChI=1S/C14H22N2O/c1-11-5-4-6-14(12(11)2)16-8-7-15(3)9-13(16)10-17/h4-6,13,17H,7-10H2,1-3H3. The van der Waals surface area contributed by atoms with Gasteiger partial charge in [0.05, 0.1) is 12.6 Å². The van der Waals surface area contributed by atoms with Gasteiger partial charge in [0.25, 0.3) is 0 Å². The number of piperazine rings is 1. The van der Waals surface area contributed by atoms with E-state index in [1.807, 2.05) is 0 Å². The number of aryl methyl sites for hydroxylation is 1. The summed E-state index contributed by atoms with van der Waals surface area (Å²) < 4.78 is 0. The van der Waals surface area contributed by atoms with E-state index >= 15 is 0 Å². The van der Waals surface area contributed by atoms with Crippen molar-refractivity contribution in [2.75, 3.05) is 38.2 Å². The third kappa shape index (κ3) is 2.45. The Morgan fingerprint density at radius 3 is 2.76 bits per heavy atom. The van der Waals surface area contributed by atoms with E-state index in [-0.39, 0.29) is 12.6 Å². The molecule has 1 N–H and O–H groups in total. The molecule has 1 aromatic rings. The van der Waals surface area contributed by atoms with Gasteiger partial charge in [-0.25, -0.2) is 0 Å². The first kappa shape index (κ1) is 12.4. The van der Waals surface area contributed by atoms with E-state index in [1.165, 1.54) is 16.8 Å². The Labute approximate surface area is 104 Å². The Hall–Kier alpha value is -1.06. The summed E-state index contributed by atoms with van der Waals surface area (Å²) in [5, 5.41) is 9.53. The van der Waals surface area contributed by atoms with Crippen LogP contribution in [0.25, 0.3) is 0 Å². The zero-order valence-corrected chi connectivity index (χ0v) is 11.0. The molecule has 1 fully saturated rings. The normalized spacial score (nSPS) is 21.9. The molecule has 1 atom stereocenters. The second kappa shape index (κ2) is 5.07. The fraction of sp³-hybridized carbons (Fsp3) is 0.571. The summed E-state index contributed by atoms with van der Waals surface area (Å²) in [5.41, 5.74) is 3.92. The zero-order valence-electron chi connectivity index (χ0n) is 11.0. The summed E-state index contributed by atoms with van der Waals surface area (Å²) in [4.78, 5) is 4.63. The van der Waals surface area contributed by atoms with E-state index in [0.717, 1.165) is 19.6 Å². The lowest BCUT2D eigenvalue weighted by molar-refractivity contribution is 0.191. The van der Waals surface area contributed by atoms with Gasteiger partial charge < -0.3 is 14.9 Å². The highest BCUT2D eigenvalue weighted by molar-refractivity contribution is 5.57. The van der Waals surface area contributed by atoms with Crippen LogP contribution in [0.15, 0.2) is 18.2 Å². The summed E-state index contributed by atoms with van der Waals surface area (Å²) in [6.07, 6.45) is 0. The van der Waals surface area contributed by atoms with Crippen molar-refractivity contribution in [3.8, 4) is 0 Å². The van der Waals surface area contributed by atoms with E-state index in [1.54, 1.807) is 0 Å². The van der Waals surface area contributed by atoms with Crippen LogP contribution in [0.5, 0.6) is 0 Å². The summed E-state index contributed by atoms with van der Waals surface area (Å²) in [5.74, 6) is 0. The third-order valence-corrected chi connectivity index (χ3v) is 3.78. The molecule has 0 aliphatic carbocycles. The molecule has 0 amide bonds. The summed E-state index contributed by atoms with van der Waals surface area (Å²) >= 11 is 0. The second-order valence-corrected chi connectivity index (χ2v) is 5.01. The number of benzene rings is 1. The van der Waals surface area contributed by atoms with Gasteiger partial charge in [0.1, 0.15) is 0 Å². The van der Waals surface area contributed by atoms with Crippen LogP contribution in [0.3, 0.4) is 0 Å². The Balaban J connectivity index is 2.28. The maximum Gasteiger partial charge on any atom is 0.0648 e. The highest BCUT2D eigenvalue weighted by Crippen LogP contribution is 2.26. The predicted octanol–water partition coefficient (Wildman–Crippen LogP) is 1.42. The van der Waals surface area contributed by atoms with Gasteiger partial charge in [-0.2, -0.15) is 0 Å². The topological polar surface area (TPSA) is 26.7 Å². The Kier molecular flexibility index (Phi) is 3.69. The van der Waals surface area contributed by atoms with Gasteiger partial charge in [-0.15, -0.1) is 0 Å². The lowest BCUT2D eigenvalue weighted by Gasteiger charge is -2.41. The lowest BCUT2D eigenvalue weighted by atomic mass is 10.0. The Morgan fingerprint density at radius 2 is 2.06 bits per heavy atom. The number of nitrogens with zero attached hydrogens (tertiary/aromatic N) is 2. The molecule has 0 spiro atoms. The number of hydrogen-bond acceptors (Lipinski definition) is 3. The number of anilines is 1. The van der Waals surface area contributed by atoms with Crippen LogP contribution >= 0.6 is 0 Å². The van der Waals surface area contributed by atoms with Gasteiger partial charge in [0.15, 0.2) is 0 Å². The molecule has 1 aliphatic rings. The summed E-state index contributed by atoms with van der Waals surface area (Å²) in [6, 6.07) is 6.62. The SMILES string of the molecule is Cc1cccc(N2CCN(C)CC2CO)c1C. The Bertz CT molecular complexity index is 392. The van der Waals surface area contributed by atoms with Gasteiger partial charge in [-0.05, 0) is 38.1 Å². The van der Waals surface area contributed by atoms with Gasteiger partial charge >= 0.3 is 0 Å². The van der Waals surface area contributed by atoms with Gasteiger partial charge in [0, 0.05) is 25.3 Å². The molecule has 3 nitrogen and oxygen atoms in total. The highest BCUT2D eigenvalue weighted by Gasteiger charge is 2.25. The van der Waals surface area contributed by atoms with Crippen molar-refractivity contribution >= 4 is 5.69 Å². The molecule has 0 saturated carbocycles. The first-order chi connectivity index (χ1) is 8.13. The van der Waals surface area contributed by atoms with Gasteiger partial charge in [-0.1, -0.05) is 12.1 Å². The third-order valence-electron chi connectivity index (χ3n) is 3.78. The van der Waals surface area contributed by atoms with E-state index in [2.05, 4.69) is 48.9 Å². The maximum atomic E-state index is 9.53. The van der Waals surface area contributed by atoms with Crippen molar-refractivity contribution < 1.29 is 5.11 Å². The van der Waals surface area contributed by atoms with E-state index in [9.17, 15) is 5.11 Å². The smallest absolute Gasteiger partial charge is 0.0648 e. The monoisotopic (exact) mass is 234 g/mol. The lowest BCUT2D eigenvalue weighted by Crippen LogP contribution is -2.53. The first-order valence-corrected chi connectivity index (χ1v) is 6.25. The van der Waals surface area contributed by atoms with Crippen molar-refractivity contribution in [2.24, 2.45) is 0 Å². The molecular formula is C14H22N2O. The molecule has 1 heterocycles. The van der Waals surface area contributed by atoms with Crippen molar-refractivity contribution in [3.05, 3.63) is 29.3 Å². The van der Waals surface area contributed by atoms with E-state index in [0.29, 0.717) is 0 Å². The average molecular weight is 234 g/mol. The fourth-order valence-corrected chi connectivity index (χ4v) is 2.53. The molecular weight excluding hydrogens is 212 g/mol. The van der Waals surface area contributed by atoms with Crippen molar-refractivity contribution in [1.29, 1.82) is 0 Å². The molecule has 0 aromatic heterocycles. The Morgan fingerprint density at radius 1 is 1.29 bits per heavy atom. The minimum Gasteiger partial charge on any atom is -0.394 e. The molecule has 2 rings (SSSR count). The van der Waals surface area contributed by atoms with Crippen LogP contribution in [0, 0.1) is 13.8 Å². The molecule has 0 radical (unpaired) electrons. The molecule has 94 valence electrons. The number of hydrogen-bond donors (Lipinski definition) is 1. The number of likely N-dealkylation sites (N-methyl/N-ethyl adjacent to an activating group) is 1. The largest absolute Gasteiger partial charge is 0.394 e. The number of aliphatic hydroxyl groups excluding tert-OH is 1. The van der Waals surface area contributed by atoms with E-state index in [4.69, 9.17) is 0 Å². The molecule has 1 aliphatic heterocycles. The second-order valence-electron chi connectivity index (χ2n) is 5.01. The van der Waals surface area contributed by atoms with Crippen LogP contribution in [-0.2, 0) is 0 Å². The minimum absolute atomic E-state index is 0.217. The molecule has 1 unspecified atom stereocenters. The van der Waals surface area contributed by atoms with Crippen LogP contribution in [-0.4, -0.2) is 49.3 Å². The molecule has 1 aromatic carbocycles. The van der Waals surface area contributed by atoms with Gasteiger partial charge in [0.2, 0.25) is 0 Å². The number of aliphatic hydroxyl groups is 1. The first-order valence-electron chi connectivity index (χ1n) is 6.25. The average Bonchev–Trinajstić information content (AvgIpc) is 2.33. The molecule has 0 bridgehead atoms. The van der Waals surface area contributed by atoms with Crippen molar-refractivity contribution in [2.45, 2.75) is 19.9 Å². The maximum absolute atomic E-state index is 9.53. The van der Waals surface area contributed by atoms with Crippen molar-refractivity contribution in [1.82, 2.24) is 4.90 Å². The highest BCUT2D eigenvalue weighted by atomic mass is 16.3. The molecule has 1 saturated heterocycles. The molecule has 3 heteroatoms. The van der Waals surface area contributed by atoms with Gasteiger partial charge in [-0.3, -0.25) is 0 Å². The minimum atomic E-state index is 0.217. The zero-order chi connectivity index (χ0) is 12.4. The summed E-state index contributed by atoms with van der Waals surface area (Å²) in [7, 11) is 2.11.